The Hall–Kier alpha value is -3.19. The molecule has 0 aliphatic carbocycles. The minimum absolute atomic E-state index is 0.0687. The van der Waals surface area contributed by atoms with Gasteiger partial charge in [0.25, 0.3) is 0 Å². The van der Waals surface area contributed by atoms with Gasteiger partial charge in [0.1, 0.15) is 12.1 Å². The Morgan fingerprint density at radius 3 is 1.71 bits per heavy atom. The van der Waals surface area contributed by atoms with Crippen LogP contribution in [0.15, 0.2) is 60.7 Å². The van der Waals surface area contributed by atoms with E-state index in [0.29, 0.717) is 6.42 Å². The zero-order valence-corrected chi connectivity index (χ0v) is 17.8. The number of carboxylic acids is 2. The van der Waals surface area contributed by atoms with Crippen LogP contribution in [0.25, 0.3) is 0 Å². The molecule has 7 heteroatoms. The van der Waals surface area contributed by atoms with Gasteiger partial charge in [-0.1, -0.05) is 74.5 Å². The summed E-state index contributed by atoms with van der Waals surface area (Å²) >= 11 is 0. The fourth-order valence-electron chi connectivity index (χ4n) is 3.46. The Balaban J connectivity index is 2.05. The lowest BCUT2D eigenvalue weighted by Crippen LogP contribution is -2.49. The maximum Gasteiger partial charge on any atom is 0.320 e. The predicted molar refractivity (Wildman–Crippen MR) is 118 cm³/mol. The van der Waals surface area contributed by atoms with Crippen molar-refractivity contribution in [1.29, 1.82) is 0 Å². The van der Waals surface area contributed by atoms with Crippen molar-refractivity contribution < 1.29 is 24.6 Å². The van der Waals surface area contributed by atoms with Gasteiger partial charge in [-0.25, -0.2) is 0 Å². The quantitative estimate of drug-likeness (QED) is 0.415. The zero-order chi connectivity index (χ0) is 22.8. The van der Waals surface area contributed by atoms with Gasteiger partial charge in [-0.15, -0.1) is 0 Å². The lowest BCUT2D eigenvalue weighted by molar-refractivity contribution is -0.143. The van der Waals surface area contributed by atoms with E-state index < -0.39 is 29.9 Å². The highest BCUT2D eigenvalue weighted by atomic mass is 16.4. The number of amides is 1. The van der Waals surface area contributed by atoms with E-state index in [1.165, 1.54) is 0 Å². The van der Waals surface area contributed by atoms with E-state index in [2.05, 4.69) is 10.6 Å². The normalized spacial score (nSPS) is 13.0. The SMILES string of the molecule is CC(C)C[C@H](NC(CCNC(=O)C(c1ccccc1)c1ccccc1)C(=O)O)C(=O)O. The topological polar surface area (TPSA) is 116 Å². The standard InChI is InChI=1S/C24H30N2O5/c1-16(2)15-20(24(30)31)26-19(23(28)29)13-14-25-22(27)21(17-9-5-3-6-10-17)18-11-7-4-8-12-18/h3-12,16,19-21,26H,13-15H2,1-2H3,(H,25,27)(H,28,29)(H,30,31)/t19?,20-/m0/s1. The highest BCUT2D eigenvalue weighted by Crippen LogP contribution is 2.24. The number of hydrogen-bond acceptors (Lipinski definition) is 4. The number of carboxylic acid groups (broad SMARTS) is 2. The Morgan fingerprint density at radius 2 is 1.29 bits per heavy atom. The summed E-state index contributed by atoms with van der Waals surface area (Å²) in [7, 11) is 0. The molecule has 0 spiro atoms. The molecule has 4 N–H and O–H groups in total. The van der Waals surface area contributed by atoms with Crippen LogP contribution in [0.1, 0.15) is 43.7 Å². The van der Waals surface area contributed by atoms with Crippen molar-refractivity contribution >= 4 is 17.8 Å². The van der Waals surface area contributed by atoms with Crippen LogP contribution in [-0.2, 0) is 14.4 Å². The second kappa shape index (κ2) is 11.9. The Kier molecular flexibility index (Phi) is 9.21. The van der Waals surface area contributed by atoms with E-state index >= 15 is 0 Å². The maximum atomic E-state index is 13.0. The molecule has 0 bridgehead atoms. The molecule has 166 valence electrons. The molecule has 0 saturated heterocycles. The molecule has 0 aliphatic rings. The Morgan fingerprint density at radius 1 is 0.806 bits per heavy atom. The van der Waals surface area contributed by atoms with Crippen LogP contribution in [-0.4, -0.2) is 46.7 Å². The van der Waals surface area contributed by atoms with E-state index in [0.717, 1.165) is 11.1 Å². The summed E-state index contributed by atoms with van der Waals surface area (Å²) in [5.41, 5.74) is 1.67. The van der Waals surface area contributed by atoms with Crippen LogP contribution in [0.2, 0.25) is 0 Å². The van der Waals surface area contributed by atoms with Crippen molar-refractivity contribution in [2.24, 2.45) is 5.92 Å². The van der Waals surface area contributed by atoms with Gasteiger partial charge in [-0.2, -0.15) is 0 Å². The average Bonchev–Trinajstić information content (AvgIpc) is 2.73. The monoisotopic (exact) mass is 426 g/mol. The van der Waals surface area contributed by atoms with Crippen LogP contribution < -0.4 is 10.6 Å². The minimum atomic E-state index is -1.15. The molecule has 1 unspecified atom stereocenters. The Labute approximate surface area is 182 Å². The molecule has 0 aromatic heterocycles. The second-order valence-electron chi connectivity index (χ2n) is 7.91. The van der Waals surface area contributed by atoms with Gasteiger partial charge in [0.15, 0.2) is 0 Å². The van der Waals surface area contributed by atoms with Crippen LogP contribution in [0, 0.1) is 5.92 Å². The average molecular weight is 427 g/mol. The summed E-state index contributed by atoms with van der Waals surface area (Å²) < 4.78 is 0. The fraction of sp³-hybridized carbons (Fsp3) is 0.375. The zero-order valence-electron chi connectivity index (χ0n) is 17.8. The number of carbonyl (C=O) groups is 3. The summed E-state index contributed by atoms with van der Waals surface area (Å²) in [6.07, 6.45) is 0.384. The van der Waals surface area contributed by atoms with Gasteiger partial charge in [-0.3, -0.25) is 19.7 Å². The summed E-state index contributed by atoms with van der Waals surface area (Å²) in [5.74, 6) is -2.89. The third-order valence-corrected chi connectivity index (χ3v) is 4.97. The van der Waals surface area contributed by atoms with Crippen molar-refractivity contribution in [3.8, 4) is 0 Å². The van der Waals surface area contributed by atoms with Gasteiger partial charge in [0.05, 0.1) is 5.92 Å². The molecule has 0 radical (unpaired) electrons. The van der Waals surface area contributed by atoms with E-state index in [9.17, 15) is 24.6 Å². The second-order valence-corrected chi connectivity index (χ2v) is 7.91. The van der Waals surface area contributed by atoms with Crippen LogP contribution in [0.4, 0.5) is 0 Å². The number of aliphatic carboxylic acids is 2. The van der Waals surface area contributed by atoms with Gasteiger partial charge >= 0.3 is 11.9 Å². The highest BCUT2D eigenvalue weighted by molar-refractivity contribution is 5.87. The number of hydrogen-bond donors (Lipinski definition) is 4. The van der Waals surface area contributed by atoms with Crippen LogP contribution in [0.3, 0.4) is 0 Å². The van der Waals surface area contributed by atoms with Crippen molar-refractivity contribution in [3.63, 3.8) is 0 Å². The highest BCUT2D eigenvalue weighted by Gasteiger charge is 2.27. The largest absolute Gasteiger partial charge is 0.480 e. The van der Waals surface area contributed by atoms with Crippen LogP contribution in [0.5, 0.6) is 0 Å². The van der Waals surface area contributed by atoms with Crippen molar-refractivity contribution in [1.82, 2.24) is 10.6 Å². The molecule has 2 rings (SSSR count). The van der Waals surface area contributed by atoms with Gasteiger partial charge in [-0.05, 0) is 29.9 Å². The molecule has 0 heterocycles. The molecule has 7 nitrogen and oxygen atoms in total. The lowest BCUT2D eigenvalue weighted by atomic mass is 9.90. The molecule has 0 saturated carbocycles. The lowest BCUT2D eigenvalue weighted by Gasteiger charge is -2.22. The first-order valence-corrected chi connectivity index (χ1v) is 10.4. The molecular weight excluding hydrogens is 396 g/mol. The van der Waals surface area contributed by atoms with E-state index in [4.69, 9.17) is 0 Å². The van der Waals surface area contributed by atoms with E-state index in [-0.39, 0.29) is 24.8 Å². The first-order valence-electron chi connectivity index (χ1n) is 10.4. The maximum absolute atomic E-state index is 13.0. The molecule has 2 aromatic carbocycles. The smallest absolute Gasteiger partial charge is 0.320 e. The van der Waals surface area contributed by atoms with Gasteiger partial charge in [0.2, 0.25) is 5.91 Å². The molecule has 0 fully saturated rings. The first kappa shape index (κ1) is 24.1. The van der Waals surface area contributed by atoms with Crippen molar-refractivity contribution in [3.05, 3.63) is 71.8 Å². The number of nitrogens with one attached hydrogen (secondary N) is 2. The summed E-state index contributed by atoms with van der Waals surface area (Å²) in [6.45, 7) is 3.86. The van der Waals surface area contributed by atoms with E-state index in [1.807, 2.05) is 74.5 Å². The molecule has 1 amide bonds. The number of carbonyl (C=O) groups excluding carboxylic acids is 1. The first-order chi connectivity index (χ1) is 14.8. The third-order valence-electron chi connectivity index (χ3n) is 4.97. The molecule has 31 heavy (non-hydrogen) atoms. The predicted octanol–water partition coefficient (Wildman–Crippen LogP) is 2.87. The van der Waals surface area contributed by atoms with Gasteiger partial charge < -0.3 is 15.5 Å². The minimum Gasteiger partial charge on any atom is -0.480 e. The van der Waals surface area contributed by atoms with Gasteiger partial charge in [0, 0.05) is 6.54 Å². The number of rotatable bonds is 12. The molecule has 2 aromatic rings. The summed E-state index contributed by atoms with van der Waals surface area (Å²) in [6, 6.07) is 16.7. The fourth-order valence-corrected chi connectivity index (χ4v) is 3.46. The number of benzene rings is 2. The molecule has 0 aliphatic heterocycles. The summed E-state index contributed by atoms with van der Waals surface area (Å²) in [4.78, 5) is 36.1. The van der Waals surface area contributed by atoms with Crippen LogP contribution >= 0.6 is 0 Å². The van der Waals surface area contributed by atoms with E-state index in [1.54, 1.807) is 0 Å². The molecule has 2 atom stereocenters. The summed E-state index contributed by atoms with van der Waals surface area (Å²) in [5, 5.41) is 24.4. The van der Waals surface area contributed by atoms with Crippen molar-refractivity contribution in [2.75, 3.05) is 6.54 Å². The molecular formula is C24H30N2O5. The Bertz CT molecular complexity index is 815. The third kappa shape index (κ3) is 7.53. The van der Waals surface area contributed by atoms with Crippen molar-refractivity contribution in [2.45, 2.75) is 44.7 Å².